The van der Waals surface area contributed by atoms with Gasteiger partial charge in [-0.2, -0.15) is 5.90 Å². The number of amides is 1. The van der Waals surface area contributed by atoms with E-state index in [-0.39, 0.29) is 5.91 Å². The van der Waals surface area contributed by atoms with Crippen molar-refractivity contribution in [2.75, 3.05) is 9.74 Å². The summed E-state index contributed by atoms with van der Waals surface area (Å²) in [5.41, 5.74) is 0.968. The first kappa shape index (κ1) is 11.9. The summed E-state index contributed by atoms with van der Waals surface area (Å²) in [6.45, 7) is 0. The van der Waals surface area contributed by atoms with Crippen molar-refractivity contribution in [2.45, 2.75) is 0 Å². The first-order chi connectivity index (χ1) is 7.17. The maximum Gasteiger partial charge on any atom is 0.356 e. The molecule has 0 unspecified atom stereocenters. The van der Waals surface area contributed by atoms with Crippen LogP contribution in [-0.4, -0.2) is 16.3 Å². The van der Waals surface area contributed by atoms with Crippen LogP contribution in [-0.2, 0) is 9.63 Å². The molecule has 0 bridgehead atoms. The van der Waals surface area contributed by atoms with Crippen LogP contribution in [0.3, 0.4) is 0 Å². The summed E-state index contributed by atoms with van der Waals surface area (Å²) in [4.78, 5) is 26.0. The van der Waals surface area contributed by atoms with E-state index in [0.29, 0.717) is 15.7 Å². The van der Waals surface area contributed by atoms with Gasteiger partial charge in [-0.1, -0.05) is 22.6 Å². The summed E-state index contributed by atoms with van der Waals surface area (Å²) < 4.78 is 0.379. The van der Waals surface area contributed by atoms with E-state index >= 15 is 0 Å². The summed E-state index contributed by atoms with van der Waals surface area (Å²) in [5, 5.41) is 2.65. The lowest BCUT2D eigenvalue weighted by Gasteiger charge is -2.03. The Morgan fingerprint density at radius 2 is 1.93 bits per heavy atom. The molecule has 5 nitrogen and oxygen atoms in total. The van der Waals surface area contributed by atoms with Crippen LogP contribution in [0, 0.1) is 0 Å². The molecule has 0 spiro atoms. The van der Waals surface area contributed by atoms with E-state index in [2.05, 4.69) is 10.2 Å². The van der Waals surface area contributed by atoms with Gasteiger partial charge in [0.1, 0.15) is 0 Å². The third-order valence-corrected chi connectivity index (χ3v) is 2.33. The van der Waals surface area contributed by atoms with Crippen molar-refractivity contribution < 1.29 is 14.4 Å². The number of nitrogens with two attached hydrogens (primary N) is 1. The van der Waals surface area contributed by atoms with E-state index in [0.717, 1.165) is 0 Å². The molecule has 0 aliphatic heterocycles. The smallest absolute Gasteiger partial charge is 0.356 e. The number of nitrogens with one attached hydrogen (secondary N) is 1. The Hall–Kier alpha value is -1.15. The van der Waals surface area contributed by atoms with Crippen LogP contribution in [0.4, 0.5) is 5.69 Å². The van der Waals surface area contributed by atoms with Crippen molar-refractivity contribution in [1.82, 2.24) is 0 Å². The van der Waals surface area contributed by atoms with Gasteiger partial charge >= 0.3 is 5.97 Å². The molecular formula is C9H9IN2O3. The van der Waals surface area contributed by atoms with Gasteiger partial charge < -0.3 is 10.2 Å². The van der Waals surface area contributed by atoms with Crippen molar-refractivity contribution in [3.8, 4) is 0 Å². The number of carbonyl (C=O) groups is 2. The van der Waals surface area contributed by atoms with Crippen LogP contribution in [0.25, 0.3) is 0 Å². The fourth-order valence-electron chi connectivity index (χ4n) is 0.952. The minimum Gasteiger partial charge on any atom is -0.370 e. The highest BCUT2D eigenvalue weighted by Crippen LogP contribution is 2.10. The van der Waals surface area contributed by atoms with Crippen molar-refractivity contribution in [3.05, 3.63) is 29.8 Å². The van der Waals surface area contributed by atoms with E-state index in [1.54, 1.807) is 12.1 Å². The summed E-state index contributed by atoms with van der Waals surface area (Å²) >= 11 is 1.96. The molecule has 0 aliphatic carbocycles. The summed E-state index contributed by atoms with van der Waals surface area (Å²) in [5.74, 6) is 4.02. The Balaban J connectivity index is 2.72. The standard InChI is InChI=1S/C9H9IN2O3/c10-5-8(13)12-7-3-1-6(2-4-7)9(14)15-11/h1-4H,5,11H2,(H,12,13). The van der Waals surface area contributed by atoms with Crippen LogP contribution >= 0.6 is 22.6 Å². The highest BCUT2D eigenvalue weighted by atomic mass is 127. The first-order valence-corrected chi connectivity index (χ1v) is 5.57. The lowest BCUT2D eigenvalue weighted by Crippen LogP contribution is -2.13. The first-order valence-electron chi connectivity index (χ1n) is 4.04. The Morgan fingerprint density at radius 3 is 2.40 bits per heavy atom. The number of rotatable bonds is 3. The number of carbonyl (C=O) groups excluding carboxylic acids is 2. The zero-order valence-corrected chi connectivity index (χ0v) is 9.85. The maximum atomic E-state index is 11.0. The van der Waals surface area contributed by atoms with Gasteiger partial charge in [0.05, 0.1) is 9.99 Å². The number of benzene rings is 1. The average molecular weight is 320 g/mol. The minimum atomic E-state index is -0.609. The maximum absolute atomic E-state index is 11.0. The highest BCUT2D eigenvalue weighted by molar-refractivity contribution is 14.1. The summed E-state index contributed by atoms with van der Waals surface area (Å²) in [6, 6.07) is 6.27. The van der Waals surface area contributed by atoms with E-state index < -0.39 is 5.97 Å². The third-order valence-electron chi connectivity index (χ3n) is 1.63. The van der Waals surface area contributed by atoms with Gasteiger partial charge in [0.15, 0.2) is 0 Å². The van der Waals surface area contributed by atoms with Gasteiger partial charge in [-0.3, -0.25) is 4.79 Å². The second-order valence-corrected chi connectivity index (χ2v) is 3.43. The predicted octanol–water partition coefficient (Wildman–Crippen LogP) is 1.09. The zero-order valence-electron chi connectivity index (χ0n) is 7.70. The molecular weight excluding hydrogens is 311 g/mol. The van der Waals surface area contributed by atoms with Gasteiger partial charge in [-0.25, -0.2) is 4.79 Å². The van der Waals surface area contributed by atoms with Crippen molar-refractivity contribution in [2.24, 2.45) is 5.90 Å². The largest absolute Gasteiger partial charge is 0.370 e. The monoisotopic (exact) mass is 320 g/mol. The fourth-order valence-corrected chi connectivity index (χ4v) is 1.14. The van der Waals surface area contributed by atoms with E-state index in [4.69, 9.17) is 5.90 Å². The molecule has 0 heterocycles. The average Bonchev–Trinajstić information content (AvgIpc) is 2.29. The second-order valence-electron chi connectivity index (χ2n) is 2.66. The van der Waals surface area contributed by atoms with Gasteiger partial charge in [0.25, 0.3) is 0 Å². The molecule has 1 aromatic carbocycles. The number of hydrogen-bond donors (Lipinski definition) is 2. The van der Waals surface area contributed by atoms with Crippen molar-refractivity contribution in [1.29, 1.82) is 0 Å². The SMILES string of the molecule is NOC(=O)c1ccc(NC(=O)CI)cc1. The normalized spacial score (nSPS) is 9.47. The van der Waals surface area contributed by atoms with Crippen LogP contribution < -0.4 is 11.2 Å². The van der Waals surface area contributed by atoms with E-state index in [1.807, 2.05) is 22.6 Å². The van der Waals surface area contributed by atoms with Crippen LogP contribution in [0.5, 0.6) is 0 Å². The zero-order chi connectivity index (χ0) is 11.3. The molecule has 0 saturated carbocycles. The number of hydrogen-bond acceptors (Lipinski definition) is 4. The molecule has 1 rings (SSSR count). The lowest BCUT2D eigenvalue weighted by atomic mass is 10.2. The Labute approximate surface area is 100 Å². The van der Waals surface area contributed by atoms with Gasteiger partial charge in [0, 0.05) is 5.69 Å². The molecule has 0 radical (unpaired) electrons. The van der Waals surface area contributed by atoms with Crippen LogP contribution in [0.15, 0.2) is 24.3 Å². The molecule has 80 valence electrons. The molecule has 3 N–H and O–H groups in total. The molecule has 0 aromatic heterocycles. The molecule has 6 heteroatoms. The fraction of sp³-hybridized carbons (Fsp3) is 0.111. The van der Waals surface area contributed by atoms with E-state index in [1.165, 1.54) is 12.1 Å². The quantitative estimate of drug-likeness (QED) is 0.496. The molecule has 1 amide bonds. The van der Waals surface area contributed by atoms with Gasteiger partial charge in [-0.05, 0) is 24.3 Å². The minimum absolute atomic E-state index is 0.0928. The number of halogens is 1. The molecule has 1 aromatic rings. The summed E-state index contributed by atoms with van der Waals surface area (Å²) in [7, 11) is 0. The number of anilines is 1. The second kappa shape index (κ2) is 5.66. The Kier molecular flexibility index (Phi) is 4.50. The van der Waals surface area contributed by atoms with Crippen LogP contribution in [0.2, 0.25) is 0 Å². The predicted molar refractivity (Wildman–Crippen MR) is 63.6 cm³/mol. The third kappa shape index (κ3) is 3.48. The molecule has 0 atom stereocenters. The van der Waals surface area contributed by atoms with Crippen molar-refractivity contribution in [3.63, 3.8) is 0 Å². The van der Waals surface area contributed by atoms with Gasteiger partial charge in [0.2, 0.25) is 5.91 Å². The highest BCUT2D eigenvalue weighted by Gasteiger charge is 2.05. The Morgan fingerprint density at radius 1 is 1.33 bits per heavy atom. The number of alkyl halides is 1. The molecule has 0 aliphatic rings. The van der Waals surface area contributed by atoms with E-state index in [9.17, 15) is 9.59 Å². The Bertz CT molecular complexity index is 364. The van der Waals surface area contributed by atoms with Crippen LogP contribution in [0.1, 0.15) is 10.4 Å². The molecule has 0 fully saturated rings. The molecule has 15 heavy (non-hydrogen) atoms. The van der Waals surface area contributed by atoms with Crippen molar-refractivity contribution >= 4 is 40.2 Å². The topological polar surface area (TPSA) is 81.4 Å². The van der Waals surface area contributed by atoms with Gasteiger partial charge in [-0.15, -0.1) is 0 Å². The lowest BCUT2D eigenvalue weighted by molar-refractivity contribution is -0.113. The summed E-state index contributed by atoms with van der Waals surface area (Å²) in [6.07, 6.45) is 0. The molecule has 0 saturated heterocycles.